The van der Waals surface area contributed by atoms with Crippen LogP contribution in [0, 0.1) is 6.92 Å². The minimum absolute atomic E-state index is 0. The van der Waals surface area contributed by atoms with Gasteiger partial charge in [-0.15, -0.1) is 12.4 Å². The van der Waals surface area contributed by atoms with E-state index in [2.05, 4.69) is 10.3 Å². The lowest BCUT2D eigenvalue weighted by Crippen LogP contribution is -2.12. The SMILES string of the molecule is COc1cc(C(=O)Nc2nc3ccc(C)cc3s2)cc(OC)c1OC.Cl. The molecule has 0 aliphatic rings. The van der Waals surface area contributed by atoms with Crippen LogP contribution in [0.2, 0.25) is 0 Å². The lowest BCUT2D eigenvalue weighted by molar-refractivity contribution is 0.102. The number of hydrogen-bond donors (Lipinski definition) is 1. The molecule has 0 bridgehead atoms. The first-order valence-electron chi connectivity index (χ1n) is 7.54. The fourth-order valence-electron chi connectivity index (χ4n) is 2.47. The molecule has 1 aromatic heterocycles. The second kappa shape index (κ2) is 8.25. The van der Waals surface area contributed by atoms with Gasteiger partial charge in [0.05, 0.1) is 31.5 Å². The summed E-state index contributed by atoms with van der Waals surface area (Å²) in [4.78, 5) is 17.0. The number of nitrogens with one attached hydrogen (secondary N) is 1. The number of thiazole rings is 1. The summed E-state index contributed by atoms with van der Waals surface area (Å²) < 4.78 is 16.9. The van der Waals surface area contributed by atoms with Gasteiger partial charge in [-0.2, -0.15) is 0 Å². The van der Waals surface area contributed by atoms with E-state index in [0.29, 0.717) is 27.9 Å². The Morgan fingerprint density at radius 2 is 1.69 bits per heavy atom. The molecule has 0 radical (unpaired) electrons. The fraction of sp³-hybridized carbons (Fsp3) is 0.222. The maximum absolute atomic E-state index is 12.6. The molecule has 0 unspecified atom stereocenters. The van der Waals surface area contributed by atoms with E-state index in [-0.39, 0.29) is 18.3 Å². The number of benzene rings is 2. The standard InChI is InChI=1S/C18H18N2O4S.ClH/c1-10-5-6-12-15(7-10)25-18(19-12)20-17(21)11-8-13(22-2)16(24-4)14(9-11)23-3;/h5-9H,1-4H3,(H,19,20,21);1H. The van der Waals surface area contributed by atoms with Crippen LogP contribution < -0.4 is 19.5 Å². The molecule has 1 amide bonds. The highest BCUT2D eigenvalue weighted by atomic mass is 35.5. The van der Waals surface area contributed by atoms with Crippen molar-refractivity contribution in [2.45, 2.75) is 6.92 Å². The number of hydrogen-bond acceptors (Lipinski definition) is 6. The number of fused-ring (bicyclic) bond motifs is 1. The first-order valence-corrected chi connectivity index (χ1v) is 8.36. The number of aryl methyl sites for hydroxylation is 1. The van der Waals surface area contributed by atoms with Crippen LogP contribution in [0.1, 0.15) is 15.9 Å². The molecule has 6 nitrogen and oxygen atoms in total. The Morgan fingerprint density at radius 3 is 2.27 bits per heavy atom. The molecule has 3 aromatic rings. The number of methoxy groups -OCH3 is 3. The Morgan fingerprint density at radius 1 is 1.04 bits per heavy atom. The molecule has 0 saturated carbocycles. The number of aromatic nitrogens is 1. The molecular formula is C18H19ClN2O4S. The van der Waals surface area contributed by atoms with Gasteiger partial charge in [0.25, 0.3) is 5.91 Å². The fourth-order valence-corrected chi connectivity index (χ4v) is 3.43. The molecule has 0 atom stereocenters. The van der Waals surface area contributed by atoms with Gasteiger partial charge in [-0.3, -0.25) is 10.1 Å². The van der Waals surface area contributed by atoms with Crippen molar-refractivity contribution in [3.05, 3.63) is 41.5 Å². The smallest absolute Gasteiger partial charge is 0.257 e. The number of carbonyl (C=O) groups excluding carboxylic acids is 1. The number of nitrogens with zero attached hydrogens (tertiary/aromatic N) is 1. The van der Waals surface area contributed by atoms with Crippen molar-refractivity contribution >= 4 is 45.0 Å². The van der Waals surface area contributed by atoms with Crippen molar-refractivity contribution in [3.63, 3.8) is 0 Å². The Bertz CT molecular complexity index is 917. The predicted octanol–water partition coefficient (Wildman–Crippen LogP) is 4.30. The van der Waals surface area contributed by atoms with Crippen molar-refractivity contribution < 1.29 is 19.0 Å². The topological polar surface area (TPSA) is 69.7 Å². The third-order valence-corrected chi connectivity index (χ3v) is 4.62. The van der Waals surface area contributed by atoms with Gasteiger partial charge in [0.1, 0.15) is 0 Å². The monoisotopic (exact) mass is 394 g/mol. The Hall–Kier alpha value is -2.51. The Kier molecular flexibility index (Phi) is 6.28. The first-order chi connectivity index (χ1) is 12.0. The molecule has 0 fully saturated rings. The lowest BCUT2D eigenvalue weighted by atomic mass is 10.1. The maximum atomic E-state index is 12.6. The third-order valence-electron chi connectivity index (χ3n) is 3.69. The second-order valence-electron chi connectivity index (χ2n) is 5.36. The molecule has 1 heterocycles. The second-order valence-corrected chi connectivity index (χ2v) is 6.39. The number of carbonyl (C=O) groups is 1. The van der Waals surface area contributed by atoms with Crippen LogP contribution in [0.3, 0.4) is 0 Å². The molecule has 0 saturated heterocycles. The molecule has 138 valence electrons. The van der Waals surface area contributed by atoms with E-state index in [0.717, 1.165) is 15.8 Å². The van der Waals surface area contributed by atoms with E-state index in [1.165, 1.54) is 32.7 Å². The molecule has 0 spiro atoms. The van der Waals surface area contributed by atoms with Gasteiger partial charge in [0.2, 0.25) is 5.75 Å². The zero-order valence-corrected chi connectivity index (χ0v) is 16.4. The van der Waals surface area contributed by atoms with E-state index in [4.69, 9.17) is 14.2 Å². The van der Waals surface area contributed by atoms with Crippen LogP contribution in [-0.4, -0.2) is 32.2 Å². The van der Waals surface area contributed by atoms with E-state index in [1.54, 1.807) is 12.1 Å². The third kappa shape index (κ3) is 3.84. The van der Waals surface area contributed by atoms with Crippen LogP contribution in [0.25, 0.3) is 10.2 Å². The molecule has 1 N–H and O–H groups in total. The number of halogens is 1. The molecule has 0 aliphatic heterocycles. The molecular weight excluding hydrogens is 376 g/mol. The average Bonchev–Trinajstić information content (AvgIpc) is 3.01. The van der Waals surface area contributed by atoms with Crippen LogP contribution in [0.5, 0.6) is 17.2 Å². The van der Waals surface area contributed by atoms with Gasteiger partial charge < -0.3 is 14.2 Å². The molecule has 8 heteroatoms. The van der Waals surface area contributed by atoms with Crippen molar-refractivity contribution in [2.24, 2.45) is 0 Å². The summed E-state index contributed by atoms with van der Waals surface area (Å²) in [6.07, 6.45) is 0. The van der Waals surface area contributed by atoms with Crippen molar-refractivity contribution in [2.75, 3.05) is 26.6 Å². The largest absolute Gasteiger partial charge is 0.493 e. The average molecular weight is 395 g/mol. The zero-order valence-electron chi connectivity index (χ0n) is 14.8. The molecule has 26 heavy (non-hydrogen) atoms. The minimum atomic E-state index is -0.296. The number of anilines is 1. The highest BCUT2D eigenvalue weighted by molar-refractivity contribution is 7.22. The highest BCUT2D eigenvalue weighted by Gasteiger charge is 2.18. The molecule has 3 rings (SSSR count). The zero-order chi connectivity index (χ0) is 18.0. The normalized spacial score (nSPS) is 10.2. The number of rotatable bonds is 5. The first kappa shape index (κ1) is 19.8. The molecule has 0 aliphatic carbocycles. The van der Waals surface area contributed by atoms with E-state index in [9.17, 15) is 4.79 Å². The van der Waals surface area contributed by atoms with Crippen molar-refractivity contribution in [1.29, 1.82) is 0 Å². The van der Waals surface area contributed by atoms with E-state index < -0.39 is 0 Å². The van der Waals surface area contributed by atoms with Gasteiger partial charge in [0, 0.05) is 5.56 Å². The van der Waals surface area contributed by atoms with Crippen LogP contribution >= 0.6 is 23.7 Å². The van der Waals surface area contributed by atoms with Gasteiger partial charge in [-0.25, -0.2) is 4.98 Å². The van der Waals surface area contributed by atoms with Crippen LogP contribution in [0.4, 0.5) is 5.13 Å². The summed E-state index contributed by atoms with van der Waals surface area (Å²) in [5, 5.41) is 3.36. The Balaban J connectivity index is 0.00000243. The van der Waals surface area contributed by atoms with Gasteiger partial charge in [-0.1, -0.05) is 17.4 Å². The lowest BCUT2D eigenvalue weighted by Gasteiger charge is -2.13. The van der Waals surface area contributed by atoms with E-state index in [1.807, 2.05) is 25.1 Å². The van der Waals surface area contributed by atoms with Crippen molar-refractivity contribution in [1.82, 2.24) is 4.98 Å². The molecule has 2 aromatic carbocycles. The predicted molar refractivity (Wildman–Crippen MR) is 106 cm³/mol. The summed E-state index contributed by atoms with van der Waals surface area (Å²) in [6.45, 7) is 2.02. The quantitative estimate of drug-likeness (QED) is 0.698. The minimum Gasteiger partial charge on any atom is -0.493 e. The summed E-state index contributed by atoms with van der Waals surface area (Å²) in [6, 6.07) is 9.19. The maximum Gasteiger partial charge on any atom is 0.257 e. The van der Waals surface area contributed by atoms with Gasteiger partial charge in [0.15, 0.2) is 16.6 Å². The Labute approximate surface area is 161 Å². The van der Waals surface area contributed by atoms with Crippen molar-refractivity contribution in [3.8, 4) is 17.2 Å². The van der Waals surface area contributed by atoms with Gasteiger partial charge >= 0.3 is 0 Å². The summed E-state index contributed by atoms with van der Waals surface area (Å²) >= 11 is 1.43. The van der Waals surface area contributed by atoms with Crippen LogP contribution in [-0.2, 0) is 0 Å². The number of amides is 1. The summed E-state index contributed by atoms with van der Waals surface area (Å²) in [5.74, 6) is 0.992. The summed E-state index contributed by atoms with van der Waals surface area (Å²) in [7, 11) is 4.53. The van der Waals surface area contributed by atoms with Gasteiger partial charge in [-0.05, 0) is 36.8 Å². The van der Waals surface area contributed by atoms with Crippen LogP contribution in [0.15, 0.2) is 30.3 Å². The van der Waals surface area contributed by atoms with E-state index >= 15 is 0 Å². The number of ether oxygens (including phenoxy) is 3. The summed E-state index contributed by atoms with van der Waals surface area (Å²) in [5.41, 5.74) is 2.40. The highest BCUT2D eigenvalue weighted by Crippen LogP contribution is 2.38.